The molecule has 15 heteroatoms. The topological polar surface area (TPSA) is 152 Å². The van der Waals surface area contributed by atoms with Gasteiger partial charge in [0.05, 0.1) is 31.5 Å². The highest BCUT2D eigenvalue weighted by molar-refractivity contribution is 6.03. The summed E-state index contributed by atoms with van der Waals surface area (Å²) in [5, 5.41) is 25.0. The fraction of sp³-hybridized carbons (Fsp3) is 0.296. The van der Waals surface area contributed by atoms with Crippen molar-refractivity contribution in [2.45, 2.75) is 39.3 Å². The Labute approximate surface area is 238 Å². The summed E-state index contributed by atoms with van der Waals surface area (Å²) in [4.78, 5) is 31.0. The first kappa shape index (κ1) is 28.3. The molecule has 0 radical (unpaired) electrons. The van der Waals surface area contributed by atoms with E-state index in [0.29, 0.717) is 23.5 Å². The second kappa shape index (κ2) is 11.3. The van der Waals surface area contributed by atoms with Crippen LogP contribution in [0.5, 0.6) is 0 Å². The van der Waals surface area contributed by atoms with Gasteiger partial charge in [0, 0.05) is 11.1 Å². The average Bonchev–Trinajstić information content (AvgIpc) is 3.69. The molecule has 1 fully saturated rings. The number of carboxylic acid groups (broad SMARTS) is 1. The van der Waals surface area contributed by atoms with Gasteiger partial charge < -0.3 is 14.3 Å². The molecule has 0 bridgehead atoms. The Kier molecular flexibility index (Phi) is 7.65. The van der Waals surface area contributed by atoms with Crippen LogP contribution in [0.1, 0.15) is 38.7 Å². The molecule has 4 aromatic rings. The zero-order chi connectivity index (χ0) is 30.0. The van der Waals surface area contributed by atoms with E-state index in [1.54, 1.807) is 80.2 Å². The van der Waals surface area contributed by atoms with Gasteiger partial charge in [-0.15, -0.1) is 15.3 Å². The lowest BCUT2D eigenvalue weighted by atomic mass is 10.1. The molecular formula is C27H26F2N8O5. The van der Waals surface area contributed by atoms with Crippen LogP contribution in [0.4, 0.5) is 24.1 Å². The van der Waals surface area contributed by atoms with Crippen LogP contribution in [0.3, 0.4) is 0 Å². The van der Waals surface area contributed by atoms with E-state index in [1.165, 1.54) is 4.90 Å². The maximum atomic E-state index is 12.7. The summed E-state index contributed by atoms with van der Waals surface area (Å²) in [7, 11) is 0. The molecule has 0 unspecified atom stereocenters. The molecule has 42 heavy (non-hydrogen) atoms. The van der Waals surface area contributed by atoms with Crippen LogP contribution < -0.4 is 0 Å². The highest BCUT2D eigenvalue weighted by Gasteiger charge is 2.37. The Morgan fingerprint density at radius 3 is 2.29 bits per heavy atom. The van der Waals surface area contributed by atoms with Crippen LogP contribution in [0.2, 0.25) is 0 Å². The number of benzene rings is 2. The number of rotatable bonds is 6. The van der Waals surface area contributed by atoms with Gasteiger partial charge >= 0.3 is 18.6 Å². The summed E-state index contributed by atoms with van der Waals surface area (Å²) >= 11 is 0. The monoisotopic (exact) mass is 580 g/mol. The van der Waals surface area contributed by atoms with Gasteiger partial charge in [-0.1, -0.05) is 29.5 Å². The molecule has 5 rings (SSSR count). The summed E-state index contributed by atoms with van der Waals surface area (Å²) < 4.78 is 37.4. The molecule has 218 valence electrons. The minimum absolute atomic E-state index is 0.00891. The minimum atomic E-state index is -2.83. The van der Waals surface area contributed by atoms with Crippen LogP contribution in [0.25, 0.3) is 22.7 Å². The van der Waals surface area contributed by atoms with E-state index in [1.807, 2.05) is 0 Å². The molecule has 13 nitrogen and oxygen atoms in total. The lowest BCUT2D eigenvalue weighted by Crippen LogP contribution is -2.42. The van der Waals surface area contributed by atoms with E-state index >= 15 is 0 Å². The van der Waals surface area contributed by atoms with Gasteiger partial charge in [0.15, 0.2) is 0 Å². The van der Waals surface area contributed by atoms with E-state index in [0.717, 1.165) is 16.0 Å². The van der Waals surface area contributed by atoms with Crippen molar-refractivity contribution in [1.29, 1.82) is 0 Å². The van der Waals surface area contributed by atoms with Crippen LogP contribution in [-0.4, -0.2) is 76.9 Å². The molecule has 0 saturated carbocycles. The van der Waals surface area contributed by atoms with Gasteiger partial charge in [-0.3, -0.25) is 0 Å². The van der Waals surface area contributed by atoms with Crippen molar-refractivity contribution < 1.29 is 32.6 Å². The Balaban J connectivity index is 1.27. The maximum Gasteiger partial charge on any atom is 0.417 e. The highest BCUT2D eigenvalue weighted by atomic mass is 19.3. The van der Waals surface area contributed by atoms with E-state index in [9.17, 15) is 23.5 Å². The molecule has 2 amide bonds. The van der Waals surface area contributed by atoms with Crippen molar-refractivity contribution in [3.05, 3.63) is 66.2 Å². The number of guanidine groups is 1. The third-order valence-electron chi connectivity index (χ3n) is 5.98. The van der Waals surface area contributed by atoms with Gasteiger partial charge in [0.25, 0.3) is 5.89 Å². The van der Waals surface area contributed by atoms with Gasteiger partial charge in [-0.2, -0.15) is 8.78 Å². The number of nitrogens with zero attached hydrogens (tertiary/aromatic N) is 8. The number of halogens is 2. The summed E-state index contributed by atoms with van der Waals surface area (Å²) in [5.41, 5.74) is 2.42. The molecule has 1 aliphatic rings. The molecule has 0 spiro atoms. The van der Waals surface area contributed by atoms with E-state index in [-0.39, 0.29) is 24.9 Å². The van der Waals surface area contributed by atoms with Crippen molar-refractivity contribution in [1.82, 2.24) is 35.0 Å². The molecule has 1 N–H and O–H groups in total. The molecule has 2 aromatic heterocycles. The van der Waals surface area contributed by atoms with Crippen molar-refractivity contribution in [3.63, 3.8) is 0 Å². The normalized spacial score (nSPS) is 14.7. The molecule has 0 atom stereocenters. The lowest BCUT2D eigenvalue weighted by molar-refractivity contribution is 0.0385. The standard InChI is InChI=1S/C27H26F2N8O5/c1-27(2,3)42-26(40)37-13-12-36(25(38)39)24(37)30-19-10-8-17(9-11-19)20-15-35(34-31-20)14-16-4-6-18(7-5-16)22-32-33-23(41-22)21(28)29/h4-11,15,21H,12-14H2,1-3H3,(H,38,39). The van der Waals surface area contributed by atoms with E-state index in [2.05, 4.69) is 25.5 Å². The zero-order valence-corrected chi connectivity index (χ0v) is 22.8. The SMILES string of the molecule is CC(C)(C)OC(=O)N1CCN(C(=O)O)C1=Nc1ccc(-c2cn(Cc3ccc(-c4nnc(C(F)F)o4)cc3)nn2)cc1. The summed E-state index contributed by atoms with van der Waals surface area (Å²) in [6.07, 6.45) is -2.98. The first-order valence-corrected chi connectivity index (χ1v) is 12.8. The first-order valence-electron chi connectivity index (χ1n) is 12.8. The van der Waals surface area contributed by atoms with E-state index in [4.69, 9.17) is 9.15 Å². The van der Waals surface area contributed by atoms with Crippen molar-refractivity contribution in [3.8, 4) is 22.7 Å². The van der Waals surface area contributed by atoms with Gasteiger partial charge in [-0.25, -0.2) is 29.1 Å². The molecule has 1 saturated heterocycles. The Morgan fingerprint density at radius 1 is 1.00 bits per heavy atom. The highest BCUT2D eigenvalue weighted by Crippen LogP contribution is 2.25. The lowest BCUT2D eigenvalue weighted by Gasteiger charge is -2.24. The number of ether oxygens (including phenoxy) is 1. The Hall–Kier alpha value is -5.21. The molecule has 1 aliphatic heterocycles. The predicted molar refractivity (Wildman–Crippen MR) is 144 cm³/mol. The second-order valence-corrected chi connectivity index (χ2v) is 10.3. The molecular weight excluding hydrogens is 554 g/mol. The third kappa shape index (κ3) is 6.40. The summed E-state index contributed by atoms with van der Waals surface area (Å²) in [6.45, 7) is 5.78. The largest absolute Gasteiger partial charge is 0.465 e. The first-order chi connectivity index (χ1) is 20.0. The number of aliphatic imine (C=N–C) groups is 1. The smallest absolute Gasteiger partial charge is 0.417 e. The zero-order valence-electron chi connectivity index (χ0n) is 22.8. The average molecular weight is 581 g/mol. The van der Waals surface area contributed by atoms with Gasteiger partial charge in [-0.05, 0) is 50.6 Å². The molecule has 0 aliphatic carbocycles. The number of hydrogen-bond acceptors (Lipinski definition) is 9. The van der Waals surface area contributed by atoms with Gasteiger partial charge in [0.2, 0.25) is 11.9 Å². The van der Waals surface area contributed by atoms with Crippen molar-refractivity contribution in [2.24, 2.45) is 4.99 Å². The van der Waals surface area contributed by atoms with Crippen LogP contribution in [-0.2, 0) is 11.3 Å². The maximum absolute atomic E-state index is 12.7. The molecule has 3 heterocycles. The predicted octanol–water partition coefficient (Wildman–Crippen LogP) is 5.20. The van der Waals surface area contributed by atoms with E-state index < -0.39 is 30.1 Å². The van der Waals surface area contributed by atoms with Crippen LogP contribution in [0, 0.1) is 0 Å². The number of carbonyl (C=O) groups is 2. The molecule has 2 aromatic carbocycles. The number of alkyl halides is 2. The Bertz CT molecular complexity index is 1610. The second-order valence-electron chi connectivity index (χ2n) is 10.3. The number of aromatic nitrogens is 5. The number of carbonyl (C=O) groups excluding carboxylic acids is 1. The van der Waals surface area contributed by atoms with Crippen molar-refractivity contribution in [2.75, 3.05) is 13.1 Å². The summed E-state index contributed by atoms with van der Waals surface area (Å²) in [6, 6.07) is 13.9. The fourth-order valence-corrected chi connectivity index (χ4v) is 4.05. The minimum Gasteiger partial charge on any atom is -0.465 e. The van der Waals surface area contributed by atoms with Gasteiger partial charge in [0.1, 0.15) is 11.3 Å². The van der Waals surface area contributed by atoms with Crippen LogP contribution in [0.15, 0.2) is 64.1 Å². The number of amides is 2. The fourth-order valence-electron chi connectivity index (χ4n) is 4.05. The number of hydrogen-bond donors (Lipinski definition) is 1. The van der Waals surface area contributed by atoms with Crippen LogP contribution >= 0.6 is 0 Å². The third-order valence-corrected chi connectivity index (χ3v) is 5.98. The van der Waals surface area contributed by atoms with Crippen molar-refractivity contribution >= 4 is 23.8 Å². The quantitative estimate of drug-likeness (QED) is 0.324. The summed E-state index contributed by atoms with van der Waals surface area (Å²) in [5.74, 6) is -0.752. The Morgan fingerprint density at radius 2 is 1.67 bits per heavy atom.